The number of halogens is 1. The molecule has 1 fully saturated rings. The predicted molar refractivity (Wildman–Crippen MR) is 79.4 cm³/mol. The Morgan fingerprint density at radius 2 is 2.10 bits per heavy atom. The molecule has 1 saturated carbocycles. The van der Waals surface area contributed by atoms with Gasteiger partial charge in [0, 0.05) is 20.1 Å². The van der Waals surface area contributed by atoms with Crippen molar-refractivity contribution in [3.8, 4) is 5.75 Å². The second-order valence-electron chi connectivity index (χ2n) is 5.82. The van der Waals surface area contributed by atoms with Gasteiger partial charge in [0.05, 0.1) is 12.5 Å². The topological polar surface area (TPSA) is 55.6 Å². The molecule has 1 aliphatic rings. The third-order valence-electron chi connectivity index (χ3n) is 4.39. The molecule has 0 aromatic heterocycles. The molecule has 116 valence electrons. The van der Waals surface area contributed by atoms with Crippen molar-refractivity contribution in [3.63, 3.8) is 0 Å². The summed E-state index contributed by atoms with van der Waals surface area (Å²) in [5, 5.41) is 0. The van der Waals surface area contributed by atoms with Crippen molar-refractivity contribution in [1.82, 2.24) is 4.90 Å². The second kappa shape index (κ2) is 6.43. The lowest BCUT2D eigenvalue weighted by atomic mass is 9.84. The van der Waals surface area contributed by atoms with E-state index in [4.69, 9.17) is 10.5 Å². The zero-order valence-corrected chi connectivity index (χ0v) is 12.7. The van der Waals surface area contributed by atoms with Crippen LogP contribution in [0.25, 0.3) is 0 Å². The van der Waals surface area contributed by atoms with Gasteiger partial charge in [0.2, 0.25) is 5.91 Å². The van der Waals surface area contributed by atoms with Crippen LogP contribution in [0, 0.1) is 11.2 Å². The van der Waals surface area contributed by atoms with Gasteiger partial charge in [-0.05, 0) is 30.5 Å². The minimum absolute atomic E-state index is 0.0683. The average molecular weight is 294 g/mol. The Bertz CT molecular complexity index is 513. The van der Waals surface area contributed by atoms with E-state index in [2.05, 4.69) is 0 Å². The molecule has 5 heteroatoms. The fourth-order valence-electron chi connectivity index (χ4n) is 3.12. The molecule has 0 atom stereocenters. The molecule has 0 saturated heterocycles. The molecule has 0 heterocycles. The summed E-state index contributed by atoms with van der Waals surface area (Å²) in [6.07, 6.45) is 3.80. The molecule has 0 spiro atoms. The summed E-state index contributed by atoms with van der Waals surface area (Å²) in [6, 6.07) is 4.76. The van der Waals surface area contributed by atoms with Crippen LogP contribution >= 0.6 is 0 Å². The first-order valence-corrected chi connectivity index (χ1v) is 7.30. The fraction of sp³-hybridized carbons (Fsp3) is 0.562. The van der Waals surface area contributed by atoms with Crippen LogP contribution in [0.15, 0.2) is 18.2 Å². The average Bonchev–Trinajstić information content (AvgIpc) is 2.96. The molecule has 4 nitrogen and oxygen atoms in total. The Morgan fingerprint density at radius 1 is 1.43 bits per heavy atom. The zero-order valence-electron chi connectivity index (χ0n) is 12.7. The van der Waals surface area contributed by atoms with Crippen LogP contribution in [0.3, 0.4) is 0 Å². The highest BCUT2D eigenvalue weighted by Gasteiger charge is 2.41. The van der Waals surface area contributed by atoms with Gasteiger partial charge in [-0.15, -0.1) is 0 Å². The predicted octanol–water partition coefficient (Wildman–Crippen LogP) is 2.31. The molecule has 1 amide bonds. The third kappa shape index (κ3) is 3.18. The van der Waals surface area contributed by atoms with Gasteiger partial charge in [-0.3, -0.25) is 4.79 Å². The standard InChI is InChI=1S/C16H23FN2O2/c1-19(15(20)16(11-18)7-3-4-8-16)10-12-5-6-14(21-2)13(17)9-12/h5-6,9H,3-4,7-8,10-11,18H2,1-2H3. The van der Waals surface area contributed by atoms with Crippen LogP contribution in [0.5, 0.6) is 5.75 Å². The van der Waals surface area contributed by atoms with Gasteiger partial charge in [0.15, 0.2) is 11.6 Å². The molecule has 0 bridgehead atoms. The van der Waals surface area contributed by atoms with Crippen molar-refractivity contribution in [1.29, 1.82) is 0 Å². The van der Waals surface area contributed by atoms with E-state index in [9.17, 15) is 9.18 Å². The van der Waals surface area contributed by atoms with Crippen molar-refractivity contribution in [2.24, 2.45) is 11.1 Å². The summed E-state index contributed by atoms with van der Waals surface area (Å²) in [7, 11) is 3.18. The maximum atomic E-state index is 13.7. The van der Waals surface area contributed by atoms with E-state index in [0.29, 0.717) is 13.1 Å². The van der Waals surface area contributed by atoms with Crippen LogP contribution in [0.4, 0.5) is 4.39 Å². The summed E-state index contributed by atoms with van der Waals surface area (Å²) < 4.78 is 18.6. The Hall–Kier alpha value is -1.62. The first kappa shape index (κ1) is 15.8. The van der Waals surface area contributed by atoms with Crippen LogP contribution in [0.1, 0.15) is 31.2 Å². The van der Waals surface area contributed by atoms with Crippen molar-refractivity contribution in [3.05, 3.63) is 29.6 Å². The number of benzene rings is 1. The minimum Gasteiger partial charge on any atom is -0.494 e. The molecule has 1 aliphatic carbocycles. The second-order valence-corrected chi connectivity index (χ2v) is 5.82. The summed E-state index contributed by atoms with van der Waals surface area (Å²) in [6.45, 7) is 0.759. The van der Waals surface area contributed by atoms with Gasteiger partial charge in [-0.2, -0.15) is 0 Å². The number of methoxy groups -OCH3 is 1. The number of ether oxygens (including phenoxy) is 1. The quantitative estimate of drug-likeness (QED) is 0.906. The Labute approximate surface area is 125 Å². The smallest absolute Gasteiger partial charge is 0.230 e. The normalized spacial score (nSPS) is 16.8. The first-order valence-electron chi connectivity index (χ1n) is 7.30. The van der Waals surface area contributed by atoms with Crippen molar-refractivity contribution < 1.29 is 13.9 Å². The molecule has 2 N–H and O–H groups in total. The molecular weight excluding hydrogens is 271 g/mol. The van der Waals surface area contributed by atoms with Crippen LogP contribution in [0.2, 0.25) is 0 Å². The molecule has 21 heavy (non-hydrogen) atoms. The number of hydrogen-bond acceptors (Lipinski definition) is 3. The monoisotopic (exact) mass is 294 g/mol. The molecular formula is C16H23FN2O2. The van der Waals surface area contributed by atoms with E-state index < -0.39 is 11.2 Å². The Kier molecular flexibility index (Phi) is 4.83. The van der Waals surface area contributed by atoms with Gasteiger partial charge in [0.1, 0.15) is 0 Å². The largest absolute Gasteiger partial charge is 0.494 e. The lowest BCUT2D eigenvalue weighted by Crippen LogP contribution is -2.44. The van der Waals surface area contributed by atoms with Gasteiger partial charge in [-0.1, -0.05) is 18.9 Å². The molecule has 2 rings (SSSR count). The van der Waals surface area contributed by atoms with Crippen molar-refractivity contribution >= 4 is 5.91 Å². The van der Waals surface area contributed by atoms with E-state index >= 15 is 0 Å². The van der Waals surface area contributed by atoms with Crippen molar-refractivity contribution in [2.45, 2.75) is 32.2 Å². The lowest BCUT2D eigenvalue weighted by molar-refractivity contribution is -0.140. The highest BCUT2D eigenvalue weighted by atomic mass is 19.1. The van der Waals surface area contributed by atoms with Gasteiger partial charge < -0.3 is 15.4 Å². The maximum absolute atomic E-state index is 13.7. The van der Waals surface area contributed by atoms with Crippen LogP contribution in [-0.2, 0) is 11.3 Å². The minimum atomic E-state index is -0.417. The molecule has 0 aliphatic heterocycles. The number of nitrogens with zero attached hydrogens (tertiary/aromatic N) is 1. The summed E-state index contributed by atoms with van der Waals surface area (Å²) in [5.74, 6) is -0.133. The van der Waals surface area contributed by atoms with Crippen LogP contribution in [-0.4, -0.2) is 31.5 Å². The van der Waals surface area contributed by atoms with Gasteiger partial charge >= 0.3 is 0 Å². The maximum Gasteiger partial charge on any atom is 0.230 e. The molecule has 1 aromatic rings. The highest BCUT2D eigenvalue weighted by Crippen LogP contribution is 2.38. The highest BCUT2D eigenvalue weighted by molar-refractivity contribution is 5.83. The van der Waals surface area contributed by atoms with E-state index in [1.807, 2.05) is 0 Å². The van der Waals surface area contributed by atoms with Crippen molar-refractivity contribution in [2.75, 3.05) is 20.7 Å². The Morgan fingerprint density at radius 3 is 2.62 bits per heavy atom. The molecule has 0 radical (unpaired) electrons. The number of rotatable bonds is 5. The van der Waals surface area contributed by atoms with Gasteiger partial charge in [-0.25, -0.2) is 4.39 Å². The number of amides is 1. The van der Waals surface area contributed by atoms with Crippen LogP contribution < -0.4 is 10.5 Å². The van der Waals surface area contributed by atoms with E-state index in [1.165, 1.54) is 13.2 Å². The van der Waals surface area contributed by atoms with E-state index in [0.717, 1.165) is 31.2 Å². The number of carbonyl (C=O) groups is 1. The molecule has 1 aromatic carbocycles. The van der Waals surface area contributed by atoms with E-state index in [-0.39, 0.29) is 11.7 Å². The fourth-order valence-corrected chi connectivity index (χ4v) is 3.12. The summed E-state index contributed by atoms with van der Waals surface area (Å²) in [5.41, 5.74) is 6.17. The number of hydrogen-bond donors (Lipinski definition) is 1. The molecule has 0 unspecified atom stereocenters. The van der Waals surface area contributed by atoms with Gasteiger partial charge in [0.25, 0.3) is 0 Å². The number of carbonyl (C=O) groups excluding carboxylic acids is 1. The zero-order chi connectivity index (χ0) is 15.5. The third-order valence-corrected chi connectivity index (χ3v) is 4.39. The first-order chi connectivity index (χ1) is 10.0. The Balaban J connectivity index is 2.08. The summed E-state index contributed by atoms with van der Waals surface area (Å²) in [4.78, 5) is 14.3. The SMILES string of the molecule is COc1ccc(CN(C)C(=O)C2(CN)CCCC2)cc1F. The summed E-state index contributed by atoms with van der Waals surface area (Å²) >= 11 is 0. The number of nitrogens with two attached hydrogens (primary N) is 1. The van der Waals surface area contributed by atoms with E-state index in [1.54, 1.807) is 24.1 Å². The lowest BCUT2D eigenvalue weighted by Gasteiger charge is -2.31.